The molecule has 0 bridgehead atoms. The molecule has 0 radical (unpaired) electrons. The third-order valence-corrected chi connectivity index (χ3v) is 5.60. The highest BCUT2D eigenvalue weighted by atomic mass is 32.2. The molecule has 34 heavy (non-hydrogen) atoms. The Labute approximate surface area is 194 Å². The van der Waals surface area contributed by atoms with Crippen LogP contribution in [0.5, 0.6) is 0 Å². The number of nitrogens with zero attached hydrogens (tertiary/aromatic N) is 3. The topological polar surface area (TPSA) is 286 Å². The minimum Gasteiger partial charge on any atom is -0.478 e. The van der Waals surface area contributed by atoms with Gasteiger partial charge in [-0.2, -0.15) is 12.7 Å². The number of aromatic nitrogens is 1. The number of oxime groups is 1. The molecule has 1 fully saturated rings. The standard InChI is InChI=1S/C14H18N8O10S2/c1-14(2,11(26)27)32-21-5(4-3-33-13(16)17-4)8(23)18-6-7(9(24)19-20-12(15)28)22(10(6)25)34(29,30)31/h3,6-7H,1-2H3,(H2,16,17)(H,18,23)(H,19,24)(H,26,27)(H3,15,20,28)(H,29,30,31)/t6-,7-/m1/s1. The van der Waals surface area contributed by atoms with Crippen molar-refractivity contribution < 1.29 is 46.9 Å². The third kappa shape index (κ3) is 5.65. The van der Waals surface area contributed by atoms with Gasteiger partial charge in [-0.05, 0) is 13.8 Å². The van der Waals surface area contributed by atoms with Gasteiger partial charge in [-0.15, -0.1) is 11.3 Å². The third-order valence-electron chi connectivity index (χ3n) is 4.02. The van der Waals surface area contributed by atoms with Crippen LogP contribution in [0.2, 0.25) is 0 Å². The summed E-state index contributed by atoms with van der Waals surface area (Å²) in [5, 5.41) is 15.9. The Balaban J connectivity index is 2.36. The molecule has 1 aromatic heterocycles. The number of hydrogen-bond donors (Lipinski definition) is 7. The van der Waals surface area contributed by atoms with Crippen molar-refractivity contribution in [2.24, 2.45) is 10.9 Å². The second kappa shape index (κ2) is 9.44. The predicted molar refractivity (Wildman–Crippen MR) is 111 cm³/mol. The first-order chi connectivity index (χ1) is 15.6. The molecule has 186 valence electrons. The van der Waals surface area contributed by atoms with Crippen LogP contribution in [0.3, 0.4) is 0 Å². The first-order valence-electron chi connectivity index (χ1n) is 8.74. The number of carbonyl (C=O) groups excluding carboxylic acids is 4. The second-order valence-electron chi connectivity index (χ2n) is 6.90. The fourth-order valence-electron chi connectivity index (χ4n) is 2.32. The van der Waals surface area contributed by atoms with Crippen molar-refractivity contribution in [3.8, 4) is 0 Å². The lowest BCUT2D eigenvalue weighted by molar-refractivity contribution is -0.161. The van der Waals surface area contributed by atoms with E-state index in [4.69, 9.17) is 21.4 Å². The maximum absolute atomic E-state index is 12.8. The quantitative estimate of drug-likeness (QED) is 0.0757. The number of nitrogens with one attached hydrogen (secondary N) is 3. The van der Waals surface area contributed by atoms with Crippen LogP contribution in [0.1, 0.15) is 19.5 Å². The number of hydrazine groups is 1. The molecular weight excluding hydrogens is 504 g/mol. The Kier molecular flexibility index (Phi) is 7.28. The number of thiazole rings is 1. The van der Waals surface area contributed by atoms with Crippen LogP contribution in [-0.4, -0.2) is 80.5 Å². The lowest BCUT2D eigenvalue weighted by Crippen LogP contribution is -2.76. The maximum Gasteiger partial charge on any atom is 0.363 e. The highest BCUT2D eigenvalue weighted by Gasteiger charge is 2.58. The van der Waals surface area contributed by atoms with Gasteiger partial charge in [0.05, 0.1) is 0 Å². The normalized spacial score (nSPS) is 18.5. The lowest BCUT2D eigenvalue weighted by atomic mass is 9.97. The second-order valence-corrected chi connectivity index (χ2v) is 9.08. The molecule has 5 amide bonds. The summed E-state index contributed by atoms with van der Waals surface area (Å²) in [7, 11) is -5.24. The number of urea groups is 1. The fourth-order valence-corrected chi connectivity index (χ4v) is 3.72. The maximum atomic E-state index is 12.8. The summed E-state index contributed by atoms with van der Waals surface area (Å²) in [4.78, 5) is 68.1. The molecule has 1 aliphatic rings. The predicted octanol–water partition coefficient (Wildman–Crippen LogP) is -3.49. The zero-order valence-corrected chi connectivity index (χ0v) is 18.8. The van der Waals surface area contributed by atoms with Gasteiger partial charge in [0, 0.05) is 5.38 Å². The molecule has 1 aliphatic heterocycles. The number of rotatable bonds is 8. The highest BCUT2D eigenvalue weighted by Crippen LogP contribution is 2.24. The Morgan fingerprint density at radius 1 is 1.29 bits per heavy atom. The van der Waals surface area contributed by atoms with Crippen molar-refractivity contribution in [1.29, 1.82) is 0 Å². The Hall–Kier alpha value is -4.04. The first-order valence-corrected chi connectivity index (χ1v) is 11.0. The van der Waals surface area contributed by atoms with E-state index in [2.05, 4.69) is 10.1 Å². The van der Waals surface area contributed by atoms with E-state index < -0.39 is 63.4 Å². The number of β-lactam (4-membered cyclic amide) rings is 1. The Morgan fingerprint density at radius 3 is 2.38 bits per heavy atom. The molecule has 0 aliphatic carbocycles. The molecule has 18 nitrogen and oxygen atoms in total. The molecule has 0 unspecified atom stereocenters. The number of carbonyl (C=O) groups is 5. The first kappa shape index (κ1) is 26.2. The van der Waals surface area contributed by atoms with E-state index in [1.54, 1.807) is 10.9 Å². The molecular formula is C14H18N8O10S2. The fraction of sp³-hybridized carbons (Fsp3) is 0.357. The van der Waals surface area contributed by atoms with Gasteiger partial charge in [-0.25, -0.2) is 20.0 Å². The van der Waals surface area contributed by atoms with Crippen LogP contribution < -0.4 is 27.6 Å². The van der Waals surface area contributed by atoms with Gasteiger partial charge in [0.15, 0.2) is 16.9 Å². The van der Waals surface area contributed by atoms with Crippen LogP contribution in [0.4, 0.5) is 9.93 Å². The van der Waals surface area contributed by atoms with Gasteiger partial charge < -0.3 is 26.7 Å². The van der Waals surface area contributed by atoms with Crippen molar-refractivity contribution in [1.82, 2.24) is 25.5 Å². The van der Waals surface area contributed by atoms with Gasteiger partial charge >= 0.3 is 22.3 Å². The number of primary amides is 1. The largest absolute Gasteiger partial charge is 0.478 e. The van der Waals surface area contributed by atoms with Gasteiger partial charge in [-0.1, -0.05) is 5.16 Å². The summed E-state index contributed by atoms with van der Waals surface area (Å²) in [6.45, 7) is 2.24. The SMILES string of the molecule is CC(C)(ON=C(C(=O)N[C@H]1C(=O)N(S(=O)(=O)O)[C@H]1C(=O)NNC(N)=O)c1csc(N)n1)C(=O)O. The Bertz CT molecular complexity index is 1180. The summed E-state index contributed by atoms with van der Waals surface area (Å²) in [5.41, 5.74) is 10.9. The van der Waals surface area contributed by atoms with E-state index in [0.29, 0.717) is 0 Å². The van der Waals surface area contributed by atoms with Crippen molar-refractivity contribution in [2.75, 3.05) is 5.73 Å². The number of anilines is 1. The van der Waals surface area contributed by atoms with Gasteiger partial charge in [-0.3, -0.25) is 24.4 Å². The van der Waals surface area contributed by atoms with E-state index in [0.717, 1.165) is 25.2 Å². The lowest BCUT2D eigenvalue weighted by Gasteiger charge is -2.42. The molecule has 9 N–H and O–H groups in total. The van der Waals surface area contributed by atoms with E-state index in [1.165, 1.54) is 5.38 Å². The summed E-state index contributed by atoms with van der Waals surface area (Å²) in [5.74, 6) is -5.45. The molecule has 0 spiro atoms. The molecule has 1 aromatic rings. The summed E-state index contributed by atoms with van der Waals surface area (Å²) in [6.07, 6.45) is 0. The number of aliphatic carboxylic acids is 1. The number of carboxylic acid groups (broad SMARTS) is 1. The van der Waals surface area contributed by atoms with E-state index in [1.807, 2.05) is 5.32 Å². The summed E-state index contributed by atoms with van der Waals surface area (Å²) in [6, 6.07) is -5.17. The molecule has 2 heterocycles. The molecule has 0 saturated carbocycles. The molecule has 2 rings (SSSR count). The summed E-state index contributed by atoms with van der Waals surface area (Å²) >= 11 is 0.878. The smallest absolute Gasteiger partial charge is 0.363 e. The van der Waals surface area contributed by atoms with Crippen LogP contribution >= 0.6 is 11.3 Å². The van der Waals surface area contributed by atoms with Crippen LogP contribution in [0.15, 0.2) is 10.5 Å². The van der Waals surface area contributed by atoms with Crippen molar-refractivity contribution in [2.45, 2.75) is 31.5 Å². The van der Waals surface area contributed by atoms with Crippen molar-refractivity contribution in [3.05, 3.63) is 11.1 Å². The van der Waals surface area contributed by atoms with Gasteiger partial charge in [0.2, 0.25) is 5.60 Å². The zero-order chi connectivity index (χ0) is 26.0. The van der Waals surface area contributed by atoms with Crippen molar-refractivity contribution >= 4 is 62.2 Å². The number of nitrogen functional groups attached to an aromatic ring is 1. The minimum absolute atomic E-state index is 0.0138. The minimum atomic E-state index is -5.24. The number of amides is 5. The molecule has 1 saturated heterocycles. The van der Waals surface area contributed by atoms with E-state index in [-0.39, 0.29) is 15.1 Å². The number of nitrogens with two attached hydrogens (primary N) is 2. The van der Waals surface area contributed by atoms with E-state index in [9.17, 15) is 36.9 Å². The monoisotopic (exact) mass is 522 g/mol. The van der Waals surface area contributed by atoms with Gasteiger partial charge in [0.25, 0.3) is 17.7 Å². The molecule has 20 heteroatoms. The molecule has 2 atom stereocenters. The van der Waals surface area contributed by atoms with Crippen LogP contribution in [0, 0.1) is 0 Å². The van der Waals surface area contributed by atoms with Crippen LogP contribution in [-0.2, 0) is 34.3 Å². The van der Waals surface area contributed by atoms with Gasteiger partial charge in [0.1, 0.15) is 11.7 Å². The average Bonchev–Trinajstić information content (AvgIpc) is 3.12. The zero-order valence-electron chi connectivity index (χ0n) is 17.2. The van der Waals surface area contributed by atoms with E-state index >= 15 is 0 Å². The number of hydrogen-bond acceptors (Lipinski definition) is 12. The van der Waals surface area contributed by atoms with Crippen LogP contribution in [0.25, 0.3) is 0 Å². The molecule has 0 aromatic carbocycles. The highest BCUT2D eigenvalue weighted by molar-refractivity contribution is 7.84. The summed E-state index contributed by atoms with van der Waals surface area (Å²) < 4.78 is 31.9. The average molecular weight is 522 g/mol. The number of carboxylic acids is 1. The van der Waals surface area contributed by atoms with Crippen molar-refractivity contribution in [3.63, 3.8) is 0 Å². The Morgan fingerprint density at radius 2 is 1.91 bits per heavy atom.